The van der Waals surface area contributed by atoms with Crippen LogP contribution in [0.4, 0.5) is 0 Å². The molecule has 0 bridgehead atoms. The van der Waals surface area contributed by atoms with E-state index < -0.39 is 0 Å². The zero-order valence-corrected chi connectivity index (χ0v) is 14.0. The molecule has 2 aromatic rings. The average molecular weight is 340 g/mol. The third-order valence-electron chi connectivity index (χ3n) is 4.71. The first-order valence-electron chi connectivity index (χ1n) is 8.44. The summed E-state index contributed by atoms with van der Waals surface area (Å²) in [6, 6.07) is 3.68. The number of amides is 1. The maximum absolute atomic E-state index is 12.7. The van der Waals surface area contributed by atoms with E-state index in [1.165, 1.54) is 0 Å². The molecule has 0 radical (unpaired) electrons. The quantitative estimate of drug-likeness (QED) is 0.709. The van der Waals surface area contributed by atoms with Gasteiger partial charge in [0.1, 0.15) is 11.9 Å². The van der Waals surface area contributed by atoms with Crippen molar-refractivity contribution in [2.75, 3.05) is 6.54 Å². The summed E-state index contributed by atoms with van der Waals surface area (Å²) >= 11 is 0. The number of hydrazine groups is 1. The molecule has 2 aromatic heterocycles. The molecule has 1 saturated heterocycles. The Bertz CT molecular complexity index is 850. The minimum Gasteiger partial charge on any atom is -0.335 e. The van der Waals surface area contributed by atoms with E-state index in [9.17, 15) is 9.59 Å². The van der Waals surface area contributed by atoms with Gasteiger partial charge in [-0.2, -0.15) is 0 Å². The Hall–Kier alpha value is -2.58. The molecule has 0 spiro atoms. The van der Waals surface area contributed by atoms with E-state index in [2.05, 4.69) is 25.8 Å². The van der Waals surface area contributed by atoms with E-state index >= 15 is 0 Å². The van der Waals surface area contributed by atoms with Crippen LogP contribution in [0.2, 0.25) is 0 Å². The number of nitrogens with zero attached hydrogens (tertiary/aromatic N) is 3. The molecule has 0 saturated carbocycles. The van der Waals surface area contributed by atoms with Crippen LogP contribution >= 0.6 is 0 Å². The molecule has 2 aliphatic heterocycles. The molecule has 3 N–H and O–H groups in total. The van der Waals surface area contributed by atoms with Crippen LogP contribution in [0.15, 0.2) is 29.3 Å². The molecular weight excluding hydrogens is 320 g/mol. The summed E-state index contributed by atoms with van der Waals surface area (Å²) in [5, 5.41) is 0. The van der Waals surface area contributed by atoms with E-state index in [1.54, 1.807) is 23.4 Å². The normalized spacial score (nSPS) is 22.7. The first kappa shape index (κ1) is 15.9. The number of hydrogen-bond donors (Lipinski definition) is 3. The number of H-pyrrole nitrogens is 1. The third kappa shape index (κ3) is 3.06. The van der Waals surface area contributed by atoms with Crippen molar-refractivity contribution in [3.05, 3.63) is 46.1 Å². The molecule has 1 fully saturated rings. The lowest BCUT2D eigenvalue weighted by Crippen LogP contribution is -2.48. The van der Waals surface area contributed by atoms with Crippen LogP contribution in [0, 0.1) is 0 Å². The summed E-state index contributed by atoms with van der Waals surface area (Å²) in [4.78, 5) is 38.3. The van der Waals surface area contributed by atoms with Crippen molar-refractivity contribution < 1.29 is 4.79 Å². The summed E-state index contributed by atoms with van der Waals surface area (Å²) in [6.07, 6.45) is 4.61. The summed E-state index contributed by atoms with van der Waals surface area (Å²) in [6.45, 7) is 2.93. The van der Waals surface area contributed by atoms with Crippen molar-refractivity contribution in [2.45, 2.75) is 38.4 Å². The highest BCUT2D eigenvalue weighted by Crippen LogP contribution is 2.19. The fourth-order valence-electron chi connectivity index (χ4n) is 3.36. The van der Waals surface area contributed by atoms with Gasteiger partial charge >= 0.3 is 0 Å². The Morgan fingerprint density at radius 3 is 2.96 bits per heavy atom. The highest BCUT2D eigenvalue weighted by Gasteiger charge is 2.32. The highest BCUT2D eigenvalue weighted by molar-refractivity contribution is 5.82. The molecule has 0 aromatic carbocycles. The number of aromatic nitrogens is 3. The number of carbonyl (C=O) groups is 1. The second kappa shape index (κ2) is 6.38. The number of hydrogen-bond acceptors (Lipinski definition) is 6. The van der Waals surface area contributed by atoms with E-state index in [-0.39, 0.29) is 23.6 Å². The average Bonchev–Trinajstić information content (AvgIpc) is 3.07. The van der Waals surface area contributed by atoms with Crippen molar-refractivity contribution in [3.8, 4) is 11.4 Å². The zero-order chi connectivity index (χ0) is 17.4. The minimum atomic E-state index is -0.226. The van der Waals surface area contributed by atoms with Gasteiger partial charge in [0.2, 0.25) is 5.91 Å². The highest BCUT2D eigenvalue weighted by atomic mass is 16.2. The van der Waals surface area contributed by atoms with Crippen molar-refractivity contribution in [3.63, 3.8) is 0 Å². The maximum Gasteiger partial charge on any atom is 0.254 e. The first-order chi connectivity index (χ1) is 12.1. The van der Waals surface area contributed by atoms with Crippen LogP contribution in [0.1, 0.15) is 24.6 Å². The lowest BCUT2D eigenvalue weighted by atomic mass is 10.0. The molecule has 8 nitrogen and oxygen atoms in total. The predicted molar refractivity (Wildman–Crippen MR) is 91.3 cm³/mol. The largest absolute Gasteiger partial charge is 0.335 e. The van der Waals surface area contributed by atoms with E-state index in [1.807, 2.05) is 13.0 Å². The summed E-state index contributed by atoms with van der Waals surface area (Å²) < 4.78 is 0. The standard InChI is InChI=1S/C17H20N6O2/c1-10-7-13(22-21-10)17(25)23-6-4-12-14(9-23)19-15(20-16(12)24)11-3-2-5-18-8-11/h2-3,5,8,10,13,21-22H,4,6-7,9H2,1H3,(H,19,20,24). The molecule has 2 unspecified atom stereocenters. The van der Waals surface area contributed by atoms with Gasteiger partial charge in [-0.15, -0.1) is 0 Å². The molecule has 4 rings (SSSR count). The molecule has 2 aliphatic rings. The van der Waals surface area contributed by atoms with Gasteiger partial charge in [0.15, 0.2) is 0 Å². The van der Waals surface area contributed by atoms with Crippen molar-refractivity contribution >= 4 is 5.91 Å². The molecule has 8 heteroatoms. The van der Waals surface area contributed by atoms with E-state index in [0.717, 1.165) is 12.0 Å². The lowest BCUT2D eigenvalue weighted by molar-refractivity contribution is -0.134. The molecule has 4 heterocycles. The van der Waals surface area contributed by atoms with Gasteiger partial charge in [0, 0.05) is 36.1 Å². The van der Waals surface area contributed by atoms with Gasteiger partial charge in [0.05, 0.1) is 12.2 Å². The van der Waals surface area contributed by atoms with Gasteiger partial charge in [-0.05, 0) is 31.9 Å². The second-order valence-electron chi connectivity index (χ2n) is 6.57. The number of nitrogens with one attached hydrogen (secondary N) is 3. The van der Waals surface area contributed by atoms with Gasteiger partial charge < -0.3 is 9.88 Å². The van der Waals surface area contributed by atoms with Gasteiger partial charge in [-0.1, -0.05) is 0 Å². The van der Waals surface area contributed by atoms with Crippen molar-refractivity contribution in [1.29, 1.82) is 0 Å². The summed E-state index contributed by atoms with van der Waals surface area (Å²) in [5.41, 5.74) is 8.07. The maximum atomic E-state index is 12.7. The summed E-state index contributed by atoms with van der Waals surface area (Å²) in [7, 11) is 0. The van der Waals surface area contributed by atoms with Crippen LogP contribution < -0.4 is 16.4 Å². The number of rotatable bonds is 2. The fourth-order valence-corrected chi connectivity index (χ4v) is 3.36. The topological polar surface area (TPSA) is 103 Å². The zero-order valence-electron chi connectivity index (χ0n) is 14.0. The third-order valence-corrected chi connectivity index (χ3v) is 4.71. The number of carbonyl (C=O) groups excluding carboxylic acids is 1. The number of fused-ring (bicyclic) bond motifs is 1. The van der Waals surface area contributed by atoms with Crippen LogP contribution in [0.3, 0.4) is 0 Å². The number of pyridine rings is 1. The Kier molecular flexibility index (Phi) is 4.06. The van der Waals surface area contributed by atoms with Crippen LogP contribution in [0.5, 0.6) is 0 Å². The Labute approximate surface area is 144 Å². The van der Waals surface area contributed by atoms with E-state index in [4.69, 9.17) is 0 Å². The molecule has 25 heavy (non-hydrogen) atoms. The first-order valence-corrected chi connectivity index (χ1v) is 8.44. The molecule has 1 amide bonds. The summed E-state index contributed by atoms with van der Waals surface area (Å²) in [5.74, 6) is 0.535. The smallest absolute Gasteiger partial charge is 0.254 e. The van der Waals surface area contributed by atoms with Crippen LogP contribution in [0.25, 0.3) is 11.4 Å². The van der Waals surface area contributed by atoms with Crippen molar-refractivity contribution in [2.24, 2.45) is 0 Å². The molecular formula is C17H20N6O2. The Balaban J connectivity index is 1.61. The molecule has 0 aliphatic carbocycles. The molecule has 2 atom stereocenters. The SMILES string of the molecule is CC1CC(C(=O)N2CCc3c(nc(-c4cccnc4)[nH]c3=O)C2)NN1. The predicted octanol–water partition coefficient (Wildman–Crippen LogP) is -0.0284. The number of aromatic amines is 1. The second-order valence-corrected chi connectivity index (χ2v) is 6.57. The Morgan fingerprint density at radius 1 is 1.36 bits per heavy atom. The molecule has 130 valence electrons. The fraction of sp³-hybridized carbons (Fsp3) is 0.412. The van der Waals surface area contributed by atoms with E-state index in [0.29, 0.717) is 36.6 Å². The van der Waals surface area contributed by atoms with Crippen LogP contribution in [-0.4, -0.2) is 44.4 Å². The lowest BCUT2D eigenvalue weighted by Gasteiger charge is -2.29. The van der Waals surface area contributed by atoms with Crippen LogP contribution in [-0.2, 0) is 17.8 Å². The Morgan fingerprint density at radius 2 is 2.24 bits per heavy atom. The van der Waals surface area contributed by atoms with Gasteiger partial charge in [-0.3, -0.25) is 20.0 Å². The van der Waals surface area contributed by atoms with Crippen molar-refractivity contribution in [1.82, 2.24) is 30.7 Å². The van der Waals surface area contributed by atoms with Gasteiger partial charge in [0.25, 0.3) is 5.56 Å². The minimum absolute atomic E-state index is 0.0486. The van der Waals surface area contributed by atoms with Gasteiger partial charge in [-0.25, -0.2) is 10.4 Å². The monoisotopic (exact) mass is 340 g/mol.